The summed E-state index contributed by atoms with van der Waals surface area (Å²) in [7, 11) is 2.21. The highest BCUT2D eigenvalue weighted by atomic mass is 16.5. The summed E-state index contributed by atoms with van der Waals surface area (Å²) in [5.41, 5.74) is 5.64. The van der Waals surface area contributed by atoms with Crippen molar-refractivity contribution in [2.24, 2.45) is 11.7 Å². The lowest BCUT2D eigenvalue weighted by molar-refractivity contribution is 0.0539. The minimum atomic E-state index is 0.249. The van der Waals surface area contributed by atoms with E-state index in [1.807, 2.05) is 6.92 Å². The molecule has 0 radical (unpaired) electrons. The lowest BCUT2D eigenvalue weighted by Crippen LogP contribution is -2.33. The van der Waals surface area contributed by atoms with E-state index in [0.29, 0.717) is 6.54 Å². The monoisotopic (exact) mass is 214 g/mol. The maximum absolute atomic E-state index is 5.64. The van der Waals surface area contributed by atoms with E-state index in [1.54, 1.807) is 0 Å². The topological polar surface area (TPSA) is 38.5 Å². The van der Waals surface area contributed by atoms with E-state index in [0.717, 1.165) is 25.5 Å². The fourth-order valence-corrected chi connectivity index (χ4v) is 2.08. The average molecular weight is 214 g/mol. The SMILES string of the molecule is CCOC(CN)CCN(C)CC1CCC1. The minimum absolute atomic E-state index is 0.249. The van der Waals surface area contributed by atoms with Gasteiger partial charge in [-0.15, -0.1) is 0 Å². The Labute approximate surface area is 94.0 Å². The van der Waals surface area contributed by atoms with E-state index >= 15 is 0 Å². The van der Waals surface area contributed by atoms with E-state index in [4.69, 9.17) is 10.5 Å². The van der Waals surface area contributed by atoms with Crippen LogP contribution in [0.2, 0.25) is 0 Å². The van der Waals surface area contributed by atoms with Gasteiger partial charge in [-0.2, -0.15) is 0 Å². The van der Waals surface area contributed by atoms with Crippen LogP contribution < -0.4 is 5.73 Å². The summed E-state index contributed by atoms with van der Waals surface area (Å²) in [6, 6.07) is 0. The fourth-order valence-electron chi connectivity index (χ4n) is 2.08. The quantitative estimate of drug-likeness (QED) is 0.665. The van der Waals surface area contributed by atoms with Gasteiger partial charge < -0.3 is 15.4 Å². The summed E-state index contributed by atoms with van der Waals surface area (Å²) in [6.07, 6.45) is 5.60. The Hall–Kier alpha value is -0.120. The number of ether oxygens (including phenoxy) is 1. The van der Waals surface area contributed by atoms with E-state index < -0.39 is 0 Å². The van der Waals surface area contributed by atoms with Crippen LogP contribution in [0.5, 0.6) is 0 Å². The summed E-state index contributed by atoms with van der Waals surface area (Å²) in [5, 5.41) is 0. The van der Waals surface area contributed by atoms with Gasteiger partial charge in [-0.25, -0.2) is 0 Å². The van der Waals surface area contributed by atoms with Crippen LogP contribution in [0.3, 0.4) is 0 Å². The number of nitrogens with two attached hydrogens (primary N) is 1. The molecule has 3 heteroatoms. The van der Waals surface area contributed by atoms with Crippen molar-refractivity contribution in [2.75, 3.05) is 33.3 Å². The van der Waals surface area contributed by atoms with Crippen LogP contribution >= 0.6 is 0 Å². The molecule has 1 aliphatic carbocycles. The van der Waals surface area contributed by atoms with Crippen molar-refractivity contribution in [3.63, 3.8) is 0 Å². The van der Waals surface area contributed by atoms with Gasteiger partial charge in [-0.3, -0.25) is 0 Å². The zero-order valence-electron chi connectivity index (χ0n) is 10.2. The molecule has 0 bridgehead atoms. The molecule has 1 rings (SSSR count). The van der Waals surface area contributed by atoms with Crippen LogP contribution in [0, 0.1) is 5.92 Å². The fraction of sp³-hybridized carbons (Fsp3) is 1.00. The smallest absolute Gasteiger partial charge is 0.0709 e. The first kappa shape index (κ1) is 12.9. The zero-order valence-corrected chi connectivity index (χ0v) is 10.2. The highest BCUT2D eigenvalue weighted by molar-refractivity contribution is 4.73. The molecule has 0 spiro atoms. The third kappa shape index (κ3) is 4.96. The molecule has 1 saturated carbocycles. The van der Waals surface area contributed by atoms with Gasteiger partial charge in [0, 0.05) is 26.2 Å². The van der Waals surface area contributed by atoms with Gasteiger partial charge in [0.05, 0.1) is 6.10 Å². The molecule has 0 aliphatic heterocycles. The Kier molecular flexibility index (Phi) is 6.22. The molecule has 0 saturated heterocycles. The van der Waals surface area contributed by atoms with Crippen molar-refractivity contribution in [3.8, 4) is 0 Å². The molecule has 15 heavy (non-hydrogen) atoms. The van der Waals surface area contributed by atoms with Crippen LogP contribution in [0.15, 0.2) is 0 Å². The van der Waals surface area contributed by atoms with Gasteiger partial charge in [0.1, 0.15) is 0 Å². The van der Waals surface area contributed by atoms with E-state index in [9.17, 15) is 0 Å². The minimum Gasteiger partial charge on any atom is -0.377 e. The van der Waals surface area contributed by atoms with Gasteiger partial charge in [0.15, 0.2) is 0 Å². The molecular weight excluding hydrogens is 188 g/mol. The van der Waals surface area contributed by atoms with Gasteiger partial charge in [0.25, 0.3) is 0 Å². The van der Waals surface area contributed by atoms with Gasteiger partial charge >= 0.3 is 0 Å². The van der Waals surface area contributed by atoms with Crippen LogP contribution in [0.1, 0.15) is 32.6 Å². The van der Waals surface area contributed by atoms with E-state index in [-0.39, 0.29) is 6.10 Å². The molecule has 0 amide bonds. The number of hydrogen-bond acceptors (Lipinski definition) is 3. The normalized spacial score (nSPS) is 19.2. The molecule has 90 valence electrons. The highest BCUT2D eigenvalue weighted by Gasteiger charge is 2.19. The zero-order chi connectivity index (χ0) is 11.1. The summed E-state index contributed by atoms with van der Waals surface area (Å²) < 4.78 is 5.54. The molecule has 0 aromatic rings. The number of rotatable bonds is 8. The Morgan fingerprint density at radius 1 is 1.47 bits per heavy atom. The molecule has 0 aromatic carbocycles. The Bertz CT molecular complexity index is 160. The third-order valence-corrected chi connectivity index (χ3v) is 3.29. The predicted molar refractivity (Wildman–Crippen MR) is 63.9 cm³/mol. The third-order valence-electron chi connectivity index (χ3n) is 3.29. The number of hydrogen-bond donors (Lipinski definition) is 1. The Morgan fingerprint density at radius 2 is 2.20 bits per heavy atom. The molecule has 1 fully saturated rings. The van der Waals surface area contributed by atoms with E-state index in [1.165, 1.54) is 25.8 Å². The van der Waals surface area contributed by atoms with Crippen LogP contribution in [-0.4, -0.2) is 44.3 Å². The van der Waals surface area contributed by atoms with Gasteiger partial charge in [-0.05, 0) is 39.2 Å². The second kappa shape index (κ2) is 7.20. The highest BCUT2D eigenvalue weighted by Crippen LogP contribution is 2.26. The second-order valence-electron chi connectivity index (χ2n) is 4.66. The summed E-state index contributed by atoms with van der Waals surface area (Å²) in [4.78, 5) is 2.42. The summed E-state index contributed by atoms with van der Waals surface area (Å²) in [6.45, 7) is 5.81. The van der Waals surface area contributed by atoms with Gasteiger partial charge in [0.2, 0.25) is 0 Å². The Balaban J connectivity index is 2.05. The van der Waals surface area contributed by atoms with Crippen molar-refractivity contribution in [3.05, 3.63) is 0 Å². The molecule has 2 N–H and O–H groups in total. The second-order valence-corrected chi connectivity index (χ2v) is 4.66. The summed E-state index contributed by atoms with van der Waals surface area (Å²) >= 11 is 0. The van der Waals surface area contributed by atoms with Crippen molar-refractivity contribution < 1.29 is 4.74 Å². The molecule has 0 aromatic heterocycles. The molecule has 1 aliphatic rings. The lowest BCUT2D eigenvalue weighted by Gasteiger charge is -2.30. The predicted octanol–water partition coefficient (Wildman–Crippen LogP) is 1.47. The van der Waals surface area contributed by atoms with Crippen molar-refractivity contribution in [1.82, 2.24) is 4.90 Å². The van der Waals surface area contributed by atoms with E-state index in [2.05, 4.69) is 11.9 Å². The lowest BCUT2D eigenvalue weighted by atomic mass is 9.85. The average Bonchev–Trinajstić information content (AvgIpc) is 2.18. The van der Waals surface area contributed by atoms with Crippen LogP contribution in [0.4, 0.5) is 0 Å². The van der Waals surface area contributed by atoms with Crippen molar-refractivity contribution >= 4 is 0 Å². The largest absolute Gasteiger partial charge is 0.377 e. The maximum atomic E-state index is 5.64. The molecule has 1 atom stereocenters. The molecule has 3 nitrogen and oxygen atoms in total. The molecular formula is C12H26N2O. The van der Waals surface area contributed by atoms with Gasteiger partial charge in [-0.1, -0.05) is 6.42 Å². The first-order chi connectivity index (χ1) is 7.26. The van der Waals surface area contributed by atoms with Crippen molar-refractivity contribution in [1.29, 1.82) is 0 Å². The Morgan fingerprint density at radius 3 is 2.67 bits per heavy atom. The molecule has 0 heterocycles. The van der Waals surface area contributed by atoms with Crippen LogP contribution in [-0.2, 0) is 4.74 Å². The van der Waals surface area contributed by atoms with Crippen LogP contribution in [0.25, 0.3) is 0 Å². The molecule has 1 unspecified atom stereocenters. The maximum Gasteiger partial charge on any atom is 0.0709 e. The standard InChI is InChI=1S/C12H26N2O/c1-3-15-12(9-13)7-8-14(2)10-11-5-4-6-11/h11-12H,3-10,13H2,1-2H3. The van der Waals surface area contributed by atoms with Crippen molar-refractivity contribution in [2.45, 2.75) is 38.7 Å². The number of nitrogens with zero attached hydrogens (tertiary/aromatic N) is 1. The summed E-state index contributed by atoms with van der Waals surface area (Å²) in [5.74, 6) is 0.957. The first-order valence-corrected chi connectivity index (χ1v) is 6.26. The first-order valence-electron chi connectivity index (χ1n) is 6.26.